The van der Waals surface area contributed by atoms with E-state index in [4.69, 9.17) is 5.73 Å². The van der Waals surface area contributed by atoms with E-state index in [9.17, 15) is 44.7 Å². The van der Waals surface area contributed by atoms with Crippen molar-refractivity contribution in [1.29, 1.82) is 0 Å². The van der Waals surface area contributed by atoms with Gasteiger partial charge in [-0.2, -0.15) is 8.78 Å². The third-order valence-corrected chi connectivity index (χ3v) is 4.29. The molecule has 0 fully saturated rings. The standard InChI is InChI=1S/C17H8F8N2O3/c1-4(15(26)28)27-7-2-5(6(18)3-8(7)30-17(24,25)16(27)29)9-10(19)12(21)14(23)13(22)11(9)20/h2-4H,1H3,(H2,26,28). The summed E-state index contributed by atoms with van der Waals surface area (Å²) in [5.74, 6) is -18.3. The molecule has 0 aromatic heterocycles. The summed E-state index contributed by atoms with van der Waals surface area (Å²) in [6.07, 6.45) is -4.56. The van der Waals surface area contributed by atoms with Crippen LogP contribution in [0.25, 0.3) is 11.1 Å². The van der Waals surface area contributed by atoms with Crippen molar-refractivity contribution in [2.24, 2.45) is 5.73 Å². The number of carbonyl (C=O) groups excluding carboxylic acids is 2. The van der Waals surface area contributed by atoms with Crippen LogP contribution in [0.2, 0.25) is 0 Å². The van der Waals surface area contributed by atoms with E-state index in [1.54, 1.807) is 0 Å². The molecule has 2 aromatic carbocycles. The second-order valence-electron chi connectivity index (χ2n) is 6.12. The zero-order valence-corrected chi connectivity index (χ0v) is 14.5. The number of hydrogen-bond donors (Lipinski definition) is 1. The van der Waals surface area contributed by atoms with E-state index >= 15 is 0 Å². The van der Waals surface area contributed by atoms with Gasteiger partial charge in [0.25, 0.3) is 0 Å². The SMILES string of the molecule is CC(C(N)=O)N1C(=O)C(F)(F)Oc2cc(F)c(-c3c(F)c(F)c(F)c(F)c3F)cc21. The molecule has 0 bridgehead atoms. The van der Waals surface area contributed by atoms with Gasteiger partial charge >= 0.3 is 12.0 Å². The van der Waals surface area contributed by atoms with Gasteiger partial charge in [-0.1, -0.05) is 0 Å². The van der Waals surface area contributed by atoms with E-state index in [0.29, 0.717) is 6.07 Å². The van der Waals surface area contributed by atoms with Crippen molar-refractivity contribution < 1.29 is 49.4 Å². The summed E-state index contributed by atoms with van der Waals surface area (Å²) in [4.78, 5) is 23.5. The number of ether oxygens (including phenoxy) is 1. The zero-order chi connectivity index (χ0) is 22.7. The fourth-order valence-electron chi connectivity index (χ4n) is 2.79. The maximum Gasteiger partial charge on any atom is 0.483 e. The van der Waals surface area contributed by atoms with Gasteiger partial charge in [-0.15, -0.1) is 0 Å². The minimum Gasteiger partial charge on any atom is -0.423 e. The van der Waals surface area contributed by atoms with Crippen LogP contribution in [0.5, 0.6) is 5.75 Å². The highest BCUT2D eigenvalue weighted by Crippen LogP contribution is 2.45. The highest BCUT2D eigenvalue weighted by Gasteiger charge is 2.53. The van der Waals surface area contributed by atoms with Crippen LogP contribution in [0.3, 0.4) is 0 Å². The quantitative estimate of drug-likeness (QED) is 0.452. The first kappa shape index (κ1) is 21.3. The maximum atomic E-state index is 14.4. The van der Waals surface area contributed by atoms with Crippen LogP contribution in [0.4, 0.5) is 40.8 Å². The van der Waals surface area contributed by atoms with Crippen molar-refractivity contribution in [2.45, 2.75) is 19.1 Å². The normalized spacial score (nSPS) is 16.2. The number of nitrogens with zero attached hydrogens (tertiary/aromatic N) is 1. The van der Waals surface area contributed by atoms with Crippen LogP contribution in [0.15, 0.2) is 12.1 Å². The number of primary amides is 1. The number of hydrogen-bond acceptors (Lipinski definition) is 3. The summed E-state index contributed by atoms with van der Waals surface area (Å²) in [5.41, 5.74) is 1.20. The summed E-state index contributed by atoms with van der Waals surface area (Å²) in [6.45, 7) is 0.910. The molecule has 2 N–H and O–H groups in total. The van der Waals surface area contributed by atoms with Crippen molar-refractivity contribution >= 4 is 17.5 Å². The molecule has 0 saturated carbocycles. The minimum atomic E-state index is -4.56. The first-order valence-electron chi connectivity index (χ1n) is 7.84. The monoisotopic (exact) mass is 440 g/mol. The molecule has 1 aliphatic heterocycles. The van der Waals surface area contributed by atoms with Crippen molar-refractivity contribution in [3.8, 4) is 16.9 Å². The van der Waals surface area contributed by atoms with Crippen molar-refractivity contribution in [1.82, 2.24) is 0 Å². The van der Waals surface area contributed by atoms with Gasteiger partial charge < -0.3 is 10.5 Å². The Labute approximate surface area is 161 Å². The number of rotatable bonds is 3. The molecule has 1 heterocycles. The minimum absolute atomic E-state index is 0.0656. The summed E-state index contributed by atoms with van der Waals surface area (Å²) in [5, 5.41) is 0. The number of fused-ring (bicyclic) bond motifs is 1. The second-order valence-corrected chi connectivity index (χ2v) is 6.12. The molecule has 2 aromatic rings. The largest absolute Gasteiger partial charge is 0.483 e. The molecule has 30 heavy (non-hydrogen) atoms. The molecule has 0 radical (unpaired) electrons. The molecule has 0 spiro atoms. The number of nitrogens with two attached hydrogens (primary N) is 1. The molecule has 3 rings (SSSR count). The number of carbonyl (C=O) groups is 2. The van der Waals surface area contributed by atoms with Crippen LogP contribution in [-0.2, 0) is 9.59 Å². The van der Waals surface area contributed by atoms with E-state index in [1.165, 1.54) is 0 Å². The molecule has 1 atom stereocenters. The highest BCUT2D eigenvalue weighted by atomic mass is 19.3. The van der Waals surface area contributed by atoms with Crippen molar-refractivity contribution in [3.05, 3.63) is 47.0 Å². The Morgan fingerprint density at radius 2 is 1.50 bits per heavy atom. The Bertz CT molecular complexity index is 1080. The molecular weight excluding hydrogens is 432 g/mol. The van der Waals surface area contributed by atoms with Crippen molar-refractivity contribution in [3.63, 3.8) is 0 Å². The van der Waals surface area contributed by atoms with E-state index in [1.807, 2.05) is 0 Å². The van der Waals surface area contributed by atoms with Gasteiger partial charge in [0, 0.05) is 11.6 Å². The fraction of sp³-hybridized carbons (Fsp3) is 0.176. The molecule has 1 unspecified atom stereocenters. The lowest BCUT2D eigenvalue weighted by atomic mass is 10.00. The Hall–Kier alpha value is -3.38. The van der Waals surface area contributed by atoms with E-state index in [0.717, 1.165) is 6.92 Å². The molecule has 1 aliphatic rings. The molecular formula is C17H8F8N2O3. The molecule has 0 aliphatic carbocycles. The van der Waals surface area contributed by atoms with Crippen LogP contribution in [0, 0.1) is 34.9 Å². The van der Waals surface area contributed by atoms with Gasteiger partial charge in [0.1, 0.15) is 11.9 Å². The summed E-state index contributed by atoms with van der Waals surface area (Å²) >= 11 is 0. The zero-order valence-electron chi connectivity index (χ0n) is 14.5. The lowest BCUT2D eigenvalue weighted by Gasteiger charge is -2.36. The van der Waals surface area contributed by atoms with E-state index < -0.39 is 81.4 Å². The van der Waals surface area contributed by atoms with Gasteiger partial charge in [0.2, 0.25) is 11.7 Å². The number of amides is 2. The number of halogens is 8. The van der Waals surface area contributed by atoms with Crippen LogP contribution in [0.1, 0.15) is 6.92 Å². The summed E-state index contributed by atoms with van der Waals surface area (Å²) in [6, 6.07) is -1.31. The predicted octanol–water partition coefficient (Wildman–Crippen LogP) is 3.38. The molecule has 2 amide bonds. The summed E-state index contributed by atoms with van der Waals surface area (Å²) in [7, 11) is 0. The van der Waals surface area contributed by atoms with Crippen LogP contribution in [-0.4, -0.2) is 24.0 Å². The Morgan fingerprint density at radius 3 is 2.00 bits per heavy atom. The smallest absolute Gasteiger partial charge is 0.423 e. The van der Waals surface area contributed by atoms with Crippen LogP contribution >= 0.6 is 0 Å². The van der Waals surface area contributed by atoms with Gasteiger partial charge in [0.15, 0.2) is 29.0 Å². The number of anilines is 1. The van der Waals surface area contributed by atoms with Crippen LogP contribution < -0.4 is 15.4 Å². The molecule has 5 nitrogen and oxygen atoms in total. The Balaban J connectivity index is 2.34. The number of benzene rings is 2. The van der Waals surface area contributed by atoms with Gasteiger partial charge in [-0.3, -0.25) is 14.5 Å². The summed E-state index contributed by atoms with van der Waals surface area (Å²) < 4.78 is 115. The topological polar surface area (TPSA) is 72.6 Å². The lowest BCUT2D eigenvalue weighted by molar-refractivity contribution is -0.193. The van der Waals surface area contributed by atoms with Gasteiger partial charge in [-0.25, -0.2) is 26.3 Å². The third kappa shape index (κ3) is 3.00. The van der Waals surface area contributed by atoms with Gasteiger partial charge in [-0.05, 0) is 13.0 Å². The average molecular weight is 440 g/mol. The van der Waals surface area contributed by atoms with Gasteiger partial charge in [0.05, 0.1) is 11.3 Å². The first-order chi connectivity index (χ1) is 13.8. The lowest BCUT2D eigenvalue weighted by Crippen LogP contribution is -2.57. The predicted molar refractivity (Wildman–Crippen MR) is 83.3 cm³/mol. The highest BCUT2D eigenvalue weighted by molar-refractivity contribution is 6.06. The first-order valence-corrected chi connectivity index (χ1v) is 7.84. The van der Waals surface area contributed by atoms with Crippen molar-refractivity contribution in [2.75, 3.05) is 4.90 Å². The average Bonchev–Trinajstić information content (AvgIpc) is 2.66. The van der Waals surface area contributed by atoms with E-state index in [2.05, 4.69) is 4.74 Å². The Kier molecular flexibility index (Phi) is 4.87. The molecule has 0 saturated heterocycles. The maximum absolute atomic E-state index is 14.4. The number of alkyl halides is 2. The fourth-order valence-corrected chi connectivity index (χ4v) is 2.79. The van der Waals surface area contributed by atoms with E-state index in [-0.39, 0.29) is 11.0 Å². The molecule has 160 valence electrons. The third-order valence-electron chi connectivity index (χ3n) is 4.29. The second kappa shape index (κ2) is 6.85. The molecule has 13 heteroatoms. The Morgan fingerprint density at radius 1 is 1.00 bits per heavy atom.